The molecule has 0 bridgehead atoms. The van der Waals surface area contributed by atoms with Crippen LogP contribution < -0.4 is 10.6 Å². The van der Waals surface area contributed by atoms with E-state index in [1.165, 1.54) is 24.9 Å². The Morgan fingerprint density at radius 1 is 1.50 bits per heavy atom. The molecule has 2 rings (SSSR count). The summed E-state index contributed by atoms with van der Waals surface area (Å²) >= 11 is 3.51. The van der Waals surface area contributed by atoms with Crippen molar-refractivity contribution in [2.45, 2.75) is 26.2 Å². The highest BCUT2D eigenvalue weighted by Gasteiger charge is 2.23. The Morgan fingerprint density at radius 2 is 2.31 bits per heavy atom. The summed E-state index contributed by atoms with van der Waals surface area (Å²) < 4.78 is 1.11. The summed E-state index contributed by atoms with van der Waals surface area (Å²) in [6.45, 7) is 4.57. The fraction of sp³-hybridized carbons (Fsp3) is 0.538. The largest absolute Gasteiger partial charge is 0.397 e. The molecule has 1 heterocycles. The lowest BCUT2D eigenvalue weighted by Crippen LogP contribution is -2.20. The Morgan fingerprint density at radius 3 is 3.06 bits per heavy atom. The average Bonchev–Trinajstić information content (AvgIpc) is 2.71. The Labute approximate surface area is 106 Å². The first-order valence-electron chi connectivity index (χ1n) is 6.00. The molecule has 1 atom stereocenters. The molecule has 1 fully saturated rings. The maximum Gasteiger partial charge on any atom is 0.0611 e. The van der Waals surface area contributed by atoms with Gasteiger partial charge in [0, 0.05) is 17.6 Å². The van der Waals surface area contributed by atoms with Crippen molar-refractivity contribution >= 4 is 27.3 Å². The van der Waals surface area contributed by atoms with Gasteiger partial charge in [-0.15, -0.1) is 0 Å². The predicted molar refractivity (Wildman–Crippen MR) is 73.8 cm³/mol. The van der Waals surface area contributed by atoms with Gasteiger partial charge in [0.25, 0.3) is 0 Å². The summed E-state index contributed by atoms with van der Waals surface area (Å²) in [6, 6.07) is 6.11. The molecule has 88 valence electrons. The Bertz CT molecular complexity index is 365. The third kappa shape index (κ3) is 2.51. The number of hydrogen-bond acceptors (Lipinski definition) is 2. The normalized spacial score (nSPS) is 20.4. The fourth-order valence-electron chi connectivity index (χ4n) is 2.49. The zero-order chi connectivity index (χ0) is 11.5. The van der Waals surface area contributed by atoms with E-state index in [2.05, 4.69) is 33.8 Å². The molecule has 0 spiro atoms. The van der Waals surface area contributed by atoms with Crippen molar-refractivity contribution in [1.82, 2.24) is 0 Å². The highest BCUT2D eigenvalue weighted by Crippen LogP contribution is 2.32. The van der Waals surface area contributed by atoms with Gasteiger partial charge in [0.15, 0.2) is 0 Å². The van der Waals surface area contributed by atoms with E-state index in [1.54, 1.807) is 0 Å². The SMILES string of the molecule is CCCC1CCN(c2cc(Br)ccc2N)C1. The lowest BCUT2D eigenvalue weighted by molar-refractivity contribution is 0.530. The highest BCUT2D eigenvalue weighted by molar-refractivity contribution is 9.10. The molecule has 0 aliphatic carbocycles. The molecule has 0 aromatic heterocycles. The van der Waals surface area contributed by atoms with Crippen LogP contribution in [0.15, 0.2) is 22.7 Å². The monoisotopic (exact) mass is 282 g/mol. The van der Waals surface area contributed by atoms with E-state index in [1.807, 2.05) is 12.1 Å². The first-order chi connectivity index (χ1) is 7.70. The number of anilines is 2. The van der Waals surface area contributed by atoms with Crippen molar-refractivity contribution in [1.29, 1.82) is 0 Å². The van der Waals surface area contributed by atoms with Gasteiger partial charge in [0.05, 0.1) is 11.4 Å². The van der Waals surface area contributed by atoms with Crippen LogP contribution >= 0.6 is 15.9 Å². The smallest absolute Gasteiger partial charge is 0.0611 e. The van der Waals surface area contributed by atoms with Gasteiger partial charge in [-0.2, -0.15) is 0 Å². The molecule has 1 saturated heterocycles. The number of rotatable bonds is 3. The number of nitrogens with zero attached hydrogens (tertiary/aromatic N) is 1. The molecule has 2 N–H and O–H groups in total. The van der Waals surface area contributed by atoms with E-state index >= 15 is 0 Å². The fourth-order valence-corrected chi connectivity index (χ4v) is 2.84. The van der Waals surface area contributed by atoms with Crippen LogP contribution in [0, 0.1) is 5.92 Å². The predicted octanol–water partition coefficient (Wildman–Crippen LogP) is 3.66. The standard InChI is InChI=1S/C13H19BrN2/c1-2-3-10-6-7-16(9-10)13-8-11(14)4-5-12(13)15/h4-5,8,10H,2-3,6-7,9,15H2,1H3. The molecule has 0 saturated carbocycles. The molecule has 1 aromatic rings. The molecule has 1 aromatic carbocycles. The molecule has 0 radical (unpaired) electrons. The third-order valence-corrected chi connectivity index (χ3v) is 3.81. The minimum absolute atomic E-state index is 0.850. The Hall–Kier alpha value is -0.700. The number of hydrogen-bond donors (Lipinski definition) is 1. The van der Waals surface area contributed by atoms with Crippen molar-refractivity contribution in [3.63, 3.8) is 0 Å². The summed E-state index contributed by atoms with van der Waals surface area (Å²) in [5.41, 5.74) is 8.10. The minimum Gasteiger partial charge on any atom is -0.397 e. The van der Waals surface area contributed by atoms with E-state index in [9.17, 15) is 0 Å². The second kappa shape index (κ2) is 5.09. The Balaban J connectivity index is 2.11. The quantitative estimate of drug-likeness (QED) is 0.858. The van der Waals surface area contributed by atoms with Crippen LogP contribution in [0.1, 0.15) is 26.2 Å². The van der Waals surface area contributed by atoms with Gasteiger partial charge in [0.1, 0.15) is 0 Å². The number of halogens is 1. The van der Waals surface area contributed by atoms with Crippen LogP contribution in [0.5, 0.6) is 0 Å². The van der Waals surface area contributed by atoms with E-state index in [0.29, 0.717) is 0 Å². The lowest BCUT2D eigenvalue weighted by Gasteiger charge is -2.20. The minimum atomic E-state index is 0.850. The van der Waals surface area contributed by atoms with E-state index < -0.39 is 0 Å². The van der Waals surface area contributed by atoms with Crippen molar-refractivity contribution < 1.29 is 0 Å². The first-order valence-corrected chi connectivity index (χ1v) is 6.80. The summed E-state index contributed by atoms with van der Waals surface area (Å²) in [5.74, 6) is 0.850. The van der Waals surface area contributed by atoms with Gasteiger partial charge >= 0.3 is 0 Å². The summed E-state index contributed by atoms with van der Waals surface area (Å²) in [5, 5.41) is 0. The second-order valence-electron chi connectivity index (χ2n) is 4.59. The van der Waals surface area contributed by atoms with Gasteiger partial charge < -0.3 is 10.6 Å². The van der Waals surface area contributed by atoms with Crippen LogP contribution in [0.25, 0.3) is 0 Å². The van der Waals surface area contributed by atoms with Gasteiger partial charge in [0.2, 0.25) is 0 Å². The van der Waals surface area contributed by atoms with Crippen molar-refractivity contribution in [2.75, 3.05) is 23.7 Å². The van der Waals surface area contributed by atoms with E-state index in [-0.39, 0.29) is 0 Å². The molecular formula is C13H19BrN2. The van der Waals surface area contributed by atoms with Crippen LogP contribution in [-0.2, 0) is 0 Å². The zero-order valence-corrected chi connectivity index (χ0v) is 11.3. The molecule has 3 heteroatoms. The van der Waals surface area contributed by atoms with E-state index in [4.69, 9.17) is 5.73 Å². The van der Waals surface area contributed by atoms with Crippen molar-refractivity contribution in [2.24, 2.45) is 5.92 Å². The third-order valence-electron chi connectivity index (χ3n) is 3.32. The van der Waals surface area contributed by atoms with Gasteiger partial charge in [-0.05, 0) is 37.0 Å². The molecule has 2 nitrogen and oxygen atoms in total. The lowest BCUT2D eigenvalue weighted by atomic mass is 10.0. The number of benzene rings is 1. The maximum atomic E-state index is 6.03. The van der Waals surface area contributed by atoms with Gasteiger partial charge in [-0.1, -0.05) is 29.3 Å². The van der Waals surface area contributed by atoms with Crippen LogP contribution in [0.3, 0.4) is 0 Å². The molecule has 16 heavy (non-hydrogen) atoms. The molecular weight excluding hydrogens is 264 g/mol. The maximum absolute atomic E-state index is 6.03. The molecule has 0 amide bonds. The van der Waals surface area contributed by atoms with Crippen LogP contribution in [-0.4, -0.2) is 13.1 Å². The summed E-state index contributed by atoms with van der Waals surface area (Å²) in [4.78, 5) is 2.42. The topological polar surface area (TPSA) is 29.3 Å². The molecule has 1 unspecified atom stereocenters. The van der Waals surface area contributed by atoms with Crippen LogP contribution in [0.2, 0.25) is 0 Å². The molecule has 1 aliphatic rings. The van der Waals surface area contributed by atoms with Crippen molar-refractivity contribution in [3.8, 4) is 0 Å². The second-order valence-corrected chi connectivity index (χ2v) is 5.51. The van der Waals surface area contributed by atoms with Gasteiger partial charge in [-0.25, -0.2) is 0 Å². The number of nitrogen functional groups attached to an aromatic ring is 1. The van der Waals surface area contributed by atoms with Gasteiger partial charge in [-0.3, -0.25) is 0 Å². The summed E-state index contributed by atoms with van der Waals surface area (Å²) in [6.07, 6.45) is 3.93. The van der Waals surface area contributed by atoms with Crippen molar-refractivity contribution in [3.05, 3.63) is 22.7 Å². The zero-order valence-electron chi connectivity index (χ0n) is 9.75. The number of nitrogens with two attached hydrogens (primary N) is 1. The average molecular weight is 283 g/mol. The Kier molecular flexibility index (Phi) is 3.74. The highest BCUT2D eigenvalue weighted by atomic mass is 79.9. The van der Waals surface area contributed by atoms with E-state index in [0.717, 1.165) is 29.2 Å². The summed E-state index contributed by atoms with van der Waals surface area (Å²) in [7, 11) is 0. The van der Waals surface area contributed by atoms with Crippen LogP contribution in [0.4, 0.5) is 11.4 Å². The molecule has 1 aliphatic heterocycles. The first kappa shape index (κ1) is 11.8.